The summed E-state index contributed by atoms with van der Waals surface area (Å²) in [4.78, 5) is 28.9. The summed E-state index contributed by atoms with van der Waals surface area (Å²) in [5, 5.41) is 11.2. The van der Waals surface area contributed by atoms with Crippen LogP contribution in [0.25, 0.3) is 5.76 Å². The zero-order chi connectivity index (χ0) is 24.9. The summed E-state index contributed by atoms with van der Waals surface area (Å²) in [7, 11) is 0. The molecule has 2 aromatic carbocycles. The SMILES string of the molecule is C=CCOc1ccc(C(O)=C2C(=O)C(=O)N(CC[NH+]3CCOCC3)[C@H]2c2ccccc2F)cc1C. The number of quaternary nitrogens is 1. The van der Waals surface area contributed by atoms with Gasteiger partial charge in [0.15, 0.2) is 0 Å². The molecule has 2 fully saturated rings. The fourth-order valence-corrected chi connectivity index (χ4v) is 4.58. The number of aryl methyl sites for hydroxylation is 1. The van der Waals surface area contributed by atoms with E-state index in [9.17, 15) is 19.1 Å². The van der Waals surface area contributed by atoms with Crippen LogP contribution in [0.1, 0.15) is 22.7 Å². The van der Waals surface area contributed by atoms with Crippen LogP contribution in [0, 0.1) is 12.7 Å². The van der Waals surface area contributed by atoms with E-state index in [2.05, 4.69) is 6.58 Å². The molecule has 2 heterocycles. The Hall–Kier alpha value is -3.49. The number of nitrogens with zero attached hydrogens (tertiary/aromatic N) is 1. The highest BCUT2D eigenvalue weighted by atomic mass is 19.1. The Kier molecular flexibility index (Phi) is 7.63. The van der Waals surface area contributed by atoms with E-state index in [1.165, 1.54) is 15.9 Å². The molecule has 0 bridgehead atoms. The van der Waals surface area contributed by atoms with Crippen LogP contribution >= 0.6 is 0 Å². The number of nitrogens with one attached hydrogen (secondary N) is 1. The smallest absolute Gasteiger partial charge is 0.295 e. The van der Waals surface area contributed by atoms with Gasteiger partial charge in [-0.1, -0.05) is 30.9 Å². The first-order valence-electron chi connectivity index (χ1n) is 11.7. The van der Waals surface area contributed by atoms with E-state index in [-0.39, 0.29) is 23.4 Å². The highest BCUT2D eigenvalue weighted by molar-refractivity contribution is 6.46. The summed E-state index contributed by atoms with van der Waals surface area (Å²) in [6.07, 6.45) is 1.63. The van der Waals surface area contributed by atoms with Crippen LogP contribution in [0.2, 0.25) is 0 Å². The molecular weight excluding hydrogens is 451 g/mol. The van der Waals surface area contributed by atoms with Gasteiger partial charge in [-0.25, -0.2) is 4.39 Å². The van der Waals surface area contributed by atoms with Gasteiger partial charge >= 0.3 is 0 Å². The van der Waals surface area contributed by atoms with Gasteiger partial charge in [-0.15, -0.1) is 0 Å². The lowest BCUT2D eigenvalue weighted by molar-refractivity contribution is -0.907. The van der Waals surface area contributed by atoms with Gasteiger partial charge in [0.2, 0.25) is 0 Å². The first-order valence-corrected chi connectivity index (χ1v) is 11.7. The number of rotatable bonds is 8. The van der Waals surface area contributed by atoms with Crippen molar-refractivity contribution in [3.63, 3.8) is 0 Å². The summed E-state index contributed by atoms with van der Waals surface area (Å²) >= 11 is 0. The van der Waals surface area contributed by atoms with Crippen LogP contribution in [0.15, 0.2) is 60.7 Å². The van der Waals surface area contributed by atoms with Crippen LogP contribution in [0.3, 0.4) is 0 Å². The number of halogens is 1. The third-order valence-corrected chi connectivity index (χ3v) is 6.45. The van der Waals surface area contributed by atoms with Gasteiger partial charge in [-0.2, -0.15) is 0 Å². The normalized spacial score (nSPS) is 20.3. The average molecular weight is 482 g/mol. The number of likely N-dealkylation sites (tertiary alicyclic amines) is 1. The van der Waals surface area contributed by atoms with Crippen molar-refractivity contribution in [3.05, 3.63) is 83.2 Å². The molecule has 2 aromatic rings. The third-order valence-electron chi connectivity index (χ3n) is 6.45. The maximum absolute atomic E-state index is 14.9. The second-order valence-corrected chi connectivity index (χ2v) is 8.71. The van der Waals surface area contributed by atoms with Gasteiger partial charge in [0.1, 0.15) is 37.0 Å². The highest BCUT2D eigenvalue weighted by Gasteiger charge is 2.47. The lowest BCUT2D eigenvalue weighted by Crippen LogP contribution is -3.14. The topological polar surface area (TPSA) is 80.5 Å². The molecule has 0 radical (unpaired) electrons. The molecule has 35 heavy (non-hydrogen) atoms. The molecule has 2 aliphatic rings. The molecule has 2 aliphatic heterocycles. The van der Waals surface area contributed by atoms with Crippen molar-refractivity contribution >= 4 is 17.4 Å². The summed E-state index contributed by atoms with van der Waals surface area (Å²) in [6, 6.07) is 10.00. The minimum atomic E-state index is -1.02. The number of aliphatic hydroxyl groups is 1. The molecule has 0 spiro atoms. The summed E-state index contributed by atoms with van der Waals surface area (Å²) in [5.41, 5.74) is 1.15. The standard InChI is InChI=1S/C27H29FN2O5/c1-3-14-35-22-9-8-19(17-18(22)2)25(31)23-24(20-6-4-5-7-21(20)28)30(27(33)26(23)32)11-10-29-12-15-34-16-13-29/h3-9,17,24,31H,1,10-16H2,2H3/p+1/t24-/m0/s1. The summed E-state index contributed by atoms with van der Waals surface area (Å²) in [6.45, 7) is 9.49. The fraction of sp³-hybridized carbons (Fsp3) is 0.333. The molecule has 7 nitrogen and oxygen atoms in total. The van der Waals surface area contributed by atoms with Crippen LogP contribution in [0.5, 0.6) is 5.75 Å². The van der Waals surface area contributed by atoms with E-state index >= 15 is 0 Å². The predicted molar refractivity (Wildman–Crippen MR) is 129 cm³/mol. The lowest BCUT2D eigenvalue weighted by Gasteiger charge is -2.29. The molecule has 184 valence electrons. The molecule has 8 heteroatoms. The van der Waals surface area contributed by atoms with Gasteiger partial charge in [0.25, 0.3) is 11.7 Å². The Morgan fingerprint density at radius 2 is 2.00 bits per heavy atom. The number of carbonyl (C=O) groups excluding carboxylic acids is 2. The number of ether oxygens (including phenoxy) is 2. The Morgan fingerprint density at radius 1 is 1.26 bits per heavy atom. The van der Waals surface area contributed by atoms with Crippen LogP contribution < -0.4 is 9.64 Å². The summed E-state index contributed by atoms with van der Waals surface area (Å²) < 4.78 is 25.9. The van der Waals surface area contributed by atoms with E-state index in [0.29, 0.717) is 37.7 Å². The average Bonchev–Trinajstić information content (AvgIpc) is 3.12. The third kappa shape index (κ3) is 5.13. The van der Waals surface area contributed by atoms with Gasteiger partial charge in [-0.05, 0) is 36.8 Å². The number of amides is 1. The maximum Gasteiger partial charge on any atom is 0.295 e. The van der Waals surface area contributed by atoms with Crippen molar-refractivity contribution in [3.8, 4) is 5.75 Å². The first kappa shape index (κ1) is 24.6. The minimum Gasteiger partial charge on any atom is -0.507 e. The molecule has 0 unspecified atom stereocenters. The molecule has 4 rings (SSSR count). The van der Waals surface area contributed by atoms with Crippen LogP contribution in [0.4, 0.5) is 4.39 Å². The van der Waals surface area contributed by atoms with E-state index in [1.54, 1.807) is 42.5 Å². The number of ketones is 1. The number of Topliss-reactive ketones (excluding diaryl/α,β-unsaturated/α-hetero) is 1. The van der Waals surface area contributed by atoms with Gasteiger partial charge in [0, 0.05) is 11.1 Å². The van der Waals surface area contributed by atoms with Crippen molar-refractivity contribution < 1.29 is 33.5 Å². The van der Waals surface area contributed by atoms with Crippen molar-refractivity contribution in [2.45, 2.75) is 13.0 Å². The molecular formula is C27H30FN2O5+. The number of hydrogen-bond acceptors (Lipinski definition) is 5. The molecule has 2 saturated heterocycles. The number of aliphatic hydroxyl groups excluding tert-OH is 1. The van der Waals surface area contributed by atoms with Crippen molar-refractivity contribution in [1.29, 1.82) is 0 Å². The van der Waals surface area contributed by atoms with E-state index in [0.717, 1.165) is 18.7 Å². The lowest BCUT2D eigenvalue weighted by atomic mass is 9.94. The minimum absolute atomic E-state index is 0.115. The largest absolute Gasteiger partial charge is 0.507 e. The van der Waals surface area contributed by atoms with Gasteiger partial charge in [0.05, 0.1) is 37.9 Å². The number of morpholine rings is 1. The van der Waals surface area contributed by atoms with Gasteiger partial charge < -0.3 is 24.4 Å². The van der Waals surface area contributed by atoms with E-state index in [4.69, 9.17) is 9.47 Å². The molecule has 0 aromatic heterocycles. The van der Waals surface area contributed by atoms with Crippen LogP contribution in [-0.2, 0) is 14.3 Å². The Bertz CT molecular complexity index is 1160. The number of benzene rings is 2. The van der Waals surface area contributed by atoms with Crippen molar-refractivity contribution in [2.24, 2.45) is 0 Å². The first-order chi connectivity index (χ1) is 16.9. The van der Waals surface area contributed by atoms with E-state index < -0.39 is 23.5 Å². The summed E-state index contributed by atoms with van der Waals surface area (Å²) in [5.74, 6) is -1.83. The second-order valence-electron chi connectivity index (χ2n) is 8.71. The zero-order valence-electron chi connectivity index (χ0n) is 19.8. The molecule has 1 amide bonds. The predicted octanol–water partition coefficient (Wildman–Crippen LogP) is 2.04. The van der Waals surface area contributed by atoms with Crippen LogP contribution in [-0.4, -0.2) is 67.7 Å². The molecule has 1 atom stereocenters. The van der Waals surface area contributed by atoms with Crippen molar-refractivity contribution in [2.75, 3.05) is 46.0 Å². The number of hydrogen-bond donors (Lipinski definition) is 2. The Balaban J connectivity index is 1.73. The number of carbonyl (C=O) groups is 2. The quantitative estimate of drug-likeness (QED) is 0.261. The highest BCUT2D eigenvalue weighted by Crippen LogP contribution is 2.40. The van der Waals surface area contributed by atoms with Crippen molar-refractivity contribution in [1.82, 2.24) is 4.90 Å². The zero-order valence-corrected chi connectivity index (χ0v) is 19.8. The monoisotopic (exact) mass is 481 g/mol. The second kappa shape index (κ2) is 10.8. The Labute approximate surface area is 204 Å². The Morgan fingerprint density at radius 3 is 2.69 bits per heavy atom. The van der Waals surface area contributed by atoms with E-state index in [1.807, 2.05) is 6.92 Å². The molecule has 0 saturated carbocycles. The van der Waals surface area contributed by atoms with Gasteiger partial charge in [-0.3, -0.25) is 9.59 Å². The molecule has 0 aliphatic carbocycles. The molecule has 2 N–H and O–H groups in total. The fourth-order valence-electron chi connectivity index (χ4n) is 4.58. The maximum atomic E-state index is 14.9.